The molecule has 0 fully saturated rings. The molecule has 0 N–H and O–H groups in total. The molecule has 0 bridgehead atoms. The van der Waals surface area contributed by atoms with Gasteiger partial charge in [0.15, 0.2) is 6.10 Å². The van der Waals surface area contributed by atoms with Crippen LogP contribution in [-0.2, 0) is 28.6 Å². The van der Waals surface area contributed by atoms with Crippen LogP contribution in [0.15, 0.2) is 48.6 Å². The molecule has 0 amide bonds. The van der Waals surface area contributed by atoms with Crippen molar-refractivity contribution in [2.45, 2.75) is 406 Å². The second-order valence-electron chi connectivity index (χ2n) is 24.8. The normalized spacial score (nSPS) is 12.3. The van der Waals surface area contributed by atoms with Gasteiger partial charge in [-0.15, -0.1) is 0 Å². The van der Waals surface area contributed by atoms with Crippen molar-refractivity contribution in [1.82, 2.24) is 0 Å². The number of unbranched alkanes of at least 4 members (excludes halogenated alkanes) is 49. The van der Waals surface area contributed by atoms with Crippen molar-refractivity contribution in [1.29, 1.82) is 0 Å². The molecular weight excluding hydrogens is 1010 g/mol. The molecule has 0 rings (SSSR count). The largest absolute Gasteiger partial charge is 0.462 e. The quantitative estimate of drug-likeness (QED) is 0.0261. The topological polar surface area (TPSA) is 78.9 Å². The standard InChI is InChI=1S/C76H140O6/c1-4-7-10-13-16-19-22-25-28-31-32-33-34-35-36-37-38-39-40-41-42-43-44-46-48-51-54-57-60-63-66-69-75(78)81-72-73(71-80-74(77)68-65-62-59-56-53-50-47-30-27-24-21-18-15-12-9-6-3)82-76(79)70-67-64-61-58-55-52-49-45-29-26-23-20-17-14-11-8-5-2/h8,11,17,20,26,29-30,47,73H,4-7,9-10,12-16,18-19,21-25,27-28,31-46,48-72H2,1-3H3/b11-8-,20-17-,29-26-,47-30-. The fourth-order valence-electron chi connectivity index (χ4n) is 11.1. The van der Waals surface area contributed by atoms with Crippen LogP contribution in [-0.4, -0.2) is 37.2 Å². The number of ether oxygens (including phenoxy) is 3. The summed E-state index contributed by atoms with van der Waals surface area (Å²) in [5.41, 5.74) is 0. The number of allylic oxidation sites excluding steroid dienone is 8. The average molecular weight is 1150 g/mol. The van der Waals surface area contributed by atoms with E-state index in [9.17, 15) is 14.4 Å². The summed E-state index contributed by atoms with van der Waals surface area (Å²) < 4.78 is 17.0. The first-order valence-electron chi connectivity index (χ1n) is 36.6. The van der Waals surface area contributed by atoms with Crippen molar-refractivity contribution < 1.29 is 28.6 Å². The van der Waals surface area contributed by atoms with Crippen molar-refractivity contribution in [2.24, 2.45) is 0 Å². The van der Waals surface area contributed by atoms with Crippen LogP contribution in [0.1, 0.15) is 400 Å². The molecule has 0 aromatic carbocycles. The van der Waals surface area contributed by atoms with E-state index in [1.165, 1.54) is 270 Å². The molecule has 0 aromatic heterocycles. The summed E-state index contributed by atoms with van der Waals surface area (Å²) in [6.45, 7) is 6.58. The van der Waals surface area contributed by atoms with Gasteiger partial charge in [0.25, 0.3) is 0 Å². The zero-order valence-electron chi connectivity index (χ0n) is 55.3. The molecule has 0 aliphatic rings. The lowest BCUT2D eigenvalue weighted by Crippen LogP contribution is -2.30. The molecule has 0 saturated carbocycles. The summed E-state index contributed by atoms with van der Waals surface area (Å²) in [4.78, 5) is 38.4. The Morgan fingerprint density at radius 3 is 0.756 bits per heavy atom. The van der Waals surface area contributed by atoms with Gasteiger partial charge in [-0.2, -0.15) is 0 Å². The molecule has 82 heavy (non-hydrogen) atoms. The minimum Gasteiger partial charge on any atom is -0.462 e. The van der Waals surface area contributed by atoms with Crippen LogP contribution < -0.4 is 0 Å². The molecule has 6 nitrogen and oxygen atoms in total. The summed E-state index contributed by atoms with van der Waals surface area (Å²) in [5, 5.41) is 0. The second kappa shape index (κ2) is 70.9. The van der Waals surface area contributed by atoms with Gasteiger partial charge in [0.2, 0.25) is 0 Å². The van der Waals surface area contributed by atoms with E-state index in [0.717, 1.165) is 89.9 Å². The third kappa shape index (κ3) is 68.2. The lowest BCUT2D eigenvalue weighted by Gasteiger charge is -2.18. The molecule has 0 heterocycles. The van der Waals surface area contributed by atoms with Gasteiger partial charge in [-0.3, -0.25) is 14.4 Å². The number of hydrogen-bond acceptors (Lipinski definition) is 6. The Kier molecular flexibility index (Phi) is 68.6. The van der Waals surface area contributed by atoms with E-state index in [2.05, 4.69) is 69.4 Å². The summed E-state index contributed by atoms with van der Waals surface area (Å²) >= 11 is 0. The first-order valence-corrected chi connectivity index (χ1v) is 36.6. The summed E-state index contributed by atoms with van der Waals surface area (Å²) in [6, 6.07) is 0. The van der Waals surface area contributed by atoms with Crippen molar-refractivity contribution in [3.63, 3.8) is 0 Å². The van der Waals surface area contributed by atoms with Gasteiger partial charge < -0.3 is 14.2 Å². The predicted octanol–water partition coefficient (Wildman–Crippen LogP) is 25.3. The molecule has 480 valence electrons. The number of esters is 3. The molecule has 0 saturated heterocycles. The number of hydrogen-bond donors (Lipinski definition) is 0. The molecule has 0 aliphatic heterocycles. The SMILES string of the molecule is CC/C=C\C/C=C\C/C=C\CCCCCCCCCC(=O)OC(COC(=O)CCCCCCC/C=C\CCCCCCCCC)COC(=O)CCCCCCCCCCCCCCCCCCCCCCCCCCCCCCCCC. The Morgan fingerprint density at radius 2 is 0.476 bits per heavy atom. The smallest absolute Gasteiger partial charge is 0.306 e. The first kappa shape index (κ1) is 79.4. The fraction of sp³-hybridized carbons (Fsp3) is 0.855. The van der Waals surface area contributed by atoms with Crippen LogP contribution in [0.3, 0.4) is 0 Å². The van der Waals surface area contributed by atoms with Gasteiger partial charge in [-0.1, -0.05) is 352 Å². The zero-order chi connectivity index (χ0) is 59.2. The Labute approximate surface area is 511 Å². The molecule has 6 heteroatoms. The summed E-state index contributed by atoms with van der Waals surface area (Å²) in [6.07, 6.45) is 90.2. The Hall–Kier alpha value is -2.63. The van der Waals surface area contributed by atoms with Gasteiger partial charge in [0, 0.05) is 19.3 Å². The highest BCUT2D eigenvalue weighted by Crippen LogP contribution is 2.19. The van der Waals surface area contributed by atoms with Gasteiger partial charge in [-0.25, -0.2) is 0 Å². The molecule has 1 atom stereocenters. The highest BCUT2D eigenvalue weighted by molar-refractivity contribution is 5.71. The molecular formula is C76H140O6. The Morgan fingerprint density at radius 1 is 0.256 bits per heavy atom. The number of rotatable bonds is 68. The minimum atomic E-state index is -0.782. The van der Waals surface area contributed by atoms with E-state index in [-0.39, 0.29) is 31.1 Å². The molecule has 0 aromatic rings. The minimum absolute atomic E-state index is 0.0759. The zero-order valence-corrected chi connectivity index (χ0v) is 55.3. The predicted molar refractivity (Wildman–Crippen MR) is 358 cm³/mol. The van der Waals surface area contributed by atoms with Crippen LogP contribution in [0.5, 0.6) is 0 Å². The van der Waals surface area contributed by atoms with E-state index in [0.29, 0.717) is 19.3 Å². The van der Waals surface area contributed by atoms with Crippen LogP contribution in [0, 0.1) is 0 Å². The Balaban J connectivity index is 4.18. The third-order valence-electron chi connectivity index (χ3n) is 16.6. The van der Waals surface area contributed by atoms with E-state index in [1.807, 2.05) is 0 Å². The molecule has 0 aliphatic carbocycles. The summed E-state index contributed by atoms with van der Waals surface area (Å²) in [7, 11) is 0. The Bertz CT molecular complexity index is 1410. The van der Waals surface area contributed by atoms with E-state index >= 15 is 0 Å². The van der Waals surface area contributed by atoms with Crippen LogP contribution in [0.4, 0.5) is 0 Å². The third-order valence-corrected chi connectivity index (χ3v) is 16.6. The van der Waals surface area contributed by atoms with Gasteiger partial charge in [0.05, 0.1) is 0 Å². The molecule has 1 unspecified atom stereocenters. The average Bonchev–Trinajstić information content (AvgIpc) is 3.47. The molecule has 0 spiro atoms. The lowest BCUT2D eigenvalue weighted by molar-refractivity contribution is -0.167. The van der Waals surface area contributed by atoms with Gasteiger partial charge in [0.1, 0.15) is 13.2 Å². The van der Waals surface area contributed by atoms with Crippen molar-refractivity contribution in [3.8, 4) is 0 Å². The monoisotopic (exact) mass is 1150 g/mol. The second-order valence-corrected chi connectivity index (χ2v) is 24.8. The summed E-state index contributed by atoms with van der Waals surface area (Å²) in [5.74, 6) is -0.869. The highest BCUT2D eigenvalue weighted by atomic mass is 16.6. The van der Waals surface area contributed by atoms with Crippen molar-refractivity contribution in [2.75, 3.05) is 13.2 Å². The van der Waals surface area contributed by atoms with Crippen LogP contribution in [0.2, 0.25) is 0 Å². The maximum atomic E-state index is 12.9. The molecule has 0 radical (unpaired) electrons. The van der Waals surface area contributed by atoms with E-state index in [1.54, 1.807) is 0 Å². The van der Waals surface area contributed by atoms with Crippen LogP contribution >= 0.6 is 0 Å². The lowest BCUT2D eigenvalue weighted by atomic mass is 10.0. The van der Waals surface area contributed by atoms with Gasteiger partial charge >= 0.3 is 17.9 Å². The van der Waals surface area contributed by atoms with E-state index < -0.39 is 6.10 Å². The first-order chi connectivity index (χ1) is 40.5. The maximum absolute atomic E-state index is 12.9. The highest BCUT2D eigenvalue weighted by Gasteiger charge is 2.19. The number of carbonyl (C=O) groups is 3. The number of carbonyl (C=O) groups excluding carboxylic acids is 3. The fourth-order valence-corrected chi connectivity index (χ4v) is 11.1. The van der Waals surface area contributed by atoms with Crippen LogP contribution in [0.25, 0.3) is 0 Å². The van der Waals surface area contributed by atoms with Gasteiger partial charge in [-0.05, 0) is 77.0 Å². The van der Waals surface area contributed by atoms with Crippen molar-refractivity contribution in [3.05, 3.63) is 48.6 Å². The maximum Gasteiger partial charge on any atom is 0.306 e. The van der Waals surface area contributed by atoms with E-state index in [4.69, 9.17) is 14.2 Å². The van der Waals surface area contributed by atoms with Crippen molar-refractivity contribution >= 4 is 17.9 Å².